The van der Waals surface area contributed by atoms with E-state index in [1.807, 2.05) is 20.8 Å². The van der Waals surface area contributed by atoms with Crippen LogP contribution in [0.15, 0.2) is 23.0 Å². The van der Waals surface area contributed by atoms with Crippen molar-refractivity contribution in [3.05, 3.63) is 45.9 Å². The molecule has 0 spiro atoms. The van der Waals surface area contributed by atoms with Crippen molar-refractivity contribution in [3.8, 4) is 5.69 Å². The molecule has 0 aliphatic carbocycles. The Morgan fingerprint density at radius 1 is 1.45 bits per heavy atom. The highest BCUT2D eigenvalue weighted by Gasteiger charge is 2.20. The molecule has 5 nitrogen and oxygen atoms in total. The zero-order valence-electron chi connectivity index (χ0n) is 11.8. The van der Waals surface area contributed by atoms with Crippen LogP contribution in [-0.2, 0) is 4.74 Å². The molecule has 1 aromatic carbocycles. The lowest BCUT2D eigenvalue weighted by atomic mass is 10.2. The van der Waals surface area contributed by atoms with Gasteiger partial charge >= 0.3 is 5.69 Å². The molecule has 1 aromatic heterocycles. The molecule has 2 rings (SSSR count). The van der Waals surface area contributed by atoms with Crippen molar-refractivity contribution >= 4 is 0 Å². The third-order valence-corrected chi connectivity index (χ3v) is 3.14. The van der Waals surface area contributed by atoms with E-state index in [0.717, 1.165) is 5.56 Å². The van der Waals surface area contributed by atoms with Crippen molar-refractivity contribution in [2.45, 2.75) is 33.3 Å². The van der Waals surface area contributed by atoms with Crippen molar-refractivity contribution in [3.63, 3.8) is 0 Å². The SMILES string of the molecule is CCO[C@@H](CC)c1n[nH]c(=O)n1-c1cc(F)ccc1C. The highest BCUT2D eigenvalue weighted by Crippen LogP contribution is 2.22. The van der Waals surface area contributed by atoms with E-state index in [2.05, 4.69) is 10.2 Å². The Balaban J connectivity index is 2.59. The van der Waals surface area contributed by atoms with Crippen molar-refractivity contribution in [2.24, 2.45) is 0 Å². The van der Waals surface area contributed by atoms with Gasteiger partial charge in [0, 0.05) is 6.61 Å². The minimum atomic E-state index is -0.396. The zero-order chi connectivity index (χ0) is 14.7. The predicted molar refractivity (Wildman–Crippen MR) is 73.5 cm³/mol. The largest absolute Gasteiger partial charge is 0.370 e. The van der Waals surface area contributed by atoms with E-state index in [1.165, 1.54) is 16.7 Å². The van der Waals surface area contributed by atoms with Gasteiger partial charge < -0.3 is 4.74 Å². The second-order valence-corrected chi connectivity index (χ2v) is 4.51. The first-order valence-electron chi connectivity index (χ1n) is 6.63. The van der Waals surface area contributed by atoms with Crippen molar-refractivity contribution in [2.75, 3.05) is 6.61 Å². The van der Waals surface area contributed by atoms with Crippen LogP contribution in [0.4, 0.5) is 4.39 Å². The average molecular weight is 279 g/mol. The maximum Gasteiger partial charge on any atom is 0.348 e. The van der Waals surface area contributed by atoms with E-state index in [9.17, 15) is 9.18 Å². The van der Waals surface area contributed by atoms with E-state index in [0.29, 0.717) is 24.5 Å². The number of aromatic nitrogens is 3. The van der Waals surface area contributed by atoms with Crippen molar-refractivity contribution in [1.29, 1.82) is 0 Å². The molecule has 108 valence electrons. The fourth-order valence-corrected chi connectivity index (χ4v) is 2.16. The van der Waals surface area contributed by atoms with E-state index in [-0.39, 0.29) is 6.10 Å². The smallest absolute Gasteiger partial charge is 0.348 e. The molecule has 0 unspecified atom stereocenters. The average Bonchev–Trinajstić information content (AvgIpc) is 2.80. The number of nitrogens with zero attached hydrogens (tertiary/aromatic N) is 2. The number of H-pyrrole nitrogens is 1. The number of ether oxygens (including phenoxy) is 1. The Morgan fingerprint density at radius 3 is 2.85 bits per heavy atom. The van der Waals surface area contributed by atoms with E-state index in [4.69, 9.17) is 4.74 Å². The van der Waals surface area contributed by atoms with Gasteiger partial charge in [0.2, 0.25) is 0 Å². The number of halogens is 1. The number of hydrogen-bond acceptors (Lipinski definition) is 3. The molecular formula is C14H18FN3O2. The molecule has 0 saturated carbocycles. The Kier molecular flexibility index (Phi) is 4.34. The van der Waals surface area contributed by atoms with Crippen molar-refractivity contribution in [1.82, 2.24) is 14.8 Å². The van der Waals surface area contributed by atoms with Gasteiger partial charge in [-0.05, 0) is 38.0 Å². The second-order valence-electron chi connectivity index (χ2n) is 4.51. The lowest BCUT2D eigenvalue weighted by Gasteiger charge is -2.16. The molecule has 0 amide bonds. The molecule has 0 saturated heterocycles. The zero-order valence-corrected chi connectivity index (χ0v) is 11.8. The minimum absolute atomic E-state index is 0.304. The normalized spacial score (nSPS) is 12.6. The first-order valence-corrected chi connectivity index (χ1v) is 6.63. The monoisotopic (exact) mass is 279 g/mol. The summed E-state index contributed by atoms with van der Waals surface area (Å²) in [6, 6.07) is 4.33. The van der Waals surface area contributed by atoms with Crippen LogP contribution in [0, 0.1) is 12.7 Å². The van der Waals surface area contributed by atoms with Gasteiger partial charge in [0.05, 0.1) is 5.69 Å². The summed E-state index contributed by atoms with van der Waals surface area (Å²) in [6.45, 7) is 6.16. The highest BCUT2D eigenvalue weighted by molar-refractivity contribution is 5.41. The van der Waals surface area contributed by atoms with Crippen molar-refractivity contribution < 1.29 is 9.13 Å². The molecule has 0 fully saturated rings. The molecule has 0 aliphatic rings. The Morgan fingerprint density at radius 2 is 2.20 bits per heavy atom. The van der Waals surface area contributed by atoms with Crippen LogP contribution in [0.2, 0.25) is 0 Å². The summed E-state index contributed by atoms with van der Waals surface area (Å²) in [7, 11) is 0. The third-order valence-electron chi connectivity index (χ3n) is 3.14. The third kappa shape index (κ3) is 2.65. The first kappa shape index (κ1) is 14.5. The summed E-state index contributed by atoms with van der Waals surface area (Å²) in [4.78, 5) is 12.0. The van der Waals surface area contributed by atoms with Gasteiger partial charge in [0.15, 0.2) is 5.82 Å². The van der Waals surface area contributed by atoms with Gasteiger partial charge in [-0.2, -0.15) is 5.10 Å². The lowest BCUT2D eigenvalue weighted by Crippen LogP contribution is -2.20. The predicted octanol–water partition coefficient (Wildman–Crippen LogP) is 2.50. The topological polar surface area (TPSA) is 59.9 Å². The summed E-state index contributed by atoms with van der Waals surface area (Å²) >= 11 is 0. The number of aromatic amines is 1. The van der Waals surface area contributed by atoms with E-state index in [1.54, 1.807) is 6.07 Å². The molecule has 0 aliphatic heterocycles. The Bertz CT molecular complexity index is 648. The van der Waals surface area contributed by atoms with Gasteiger partial charge in [0.1, 0.15) is 11.9 Å². The quantitative estimate of drug-likeness (QED) is 0.914. The van der Waals surface area contributed by atoms with Crippen LogP contribution in [0.1, 0.15) is 37.8 Å². The van der Waals surface area contributed by atoms with Crippen LogP contribution >= 0.6 is 0 Å². The Hall–Kier alpha value is -1.95. The van der Waals surface area contributed by atoms with Crippen LogP contribution in [0.25, 0.3) is 5.69 Å². The van der Waals surface area contributed by atoms with Gasteiger partial charge in [-0.3, -0.25) is 0 Å². The fourth-order valence-electron chi connectivity index (χ4n) is 2.16. The van der Waals surface area contributed by atoms with Crippen LogP contribution in [0.5, 0.6) is 0 Å². The second kappa shape index (κ2) is 6.00. The van der Waals surface area contributed by atoms with Crippen LogP contribution < -0.4 is 5.69 Å². The number of nitrogens with one attached hydrogen (secondary N) is 1. The minimum Gasteiger partial charge on any atom is -0.370 e. The molecule has 0 radical (unpaired) electrons. The molecule has 0 bridgehead atoms. The number of aryl methyl sites for hydroxylation is 1. The first-order chi connectivity index (χ1) is 9.58. The van der Waals surface area contributed by atoms with Gasteiger partial charge in [0.25, 0.3) is 0 Å². The van der Waals surface area contributed by atoms with Gasteiger partial charge in [-0.15, -0.1) is 0 Å². The molecule has 2 aromatic rings. The molecule has 6 heteroatoms. The molecular weight excluding hydrogens is 261 g/mol. The molecule has 20 heavy (non-hydrogen) atoms. The summed E-state index contributed by atoms with van der Waals surface area (Å²) in [5, 5.41) is 6.44. The summed E-state index contributed by atoms with van der Waals surface area (Å²) in [6.07, 6.45) is 0.369. The maximum atomic E-state index is 13.5. The van der Waals surface area contributed by atoms with E-state index >= 15 is 0 Å². The summed E-state index contributed by atoms with van der Waals surface area (Å²) in [5.41, 5.74) is 0.881. The standard InChI is InChI=1S/C14H18FN3O2/c1-4-12(20-5-2)13-16-17-14(19)18(13)11-8-10(15)7-6-9(11)3/h6-8,12H,4-5H2,1-3H3,(H,17,19)/t12-/m0/s1. The molecule has 1 N–H and O–H groups in total. The maximum absolute atomic E-state index is 13.5. The Labute approximate surface area is 116 Å². The molecule has 1 atom stereocenters. The van der Waals surface area contributed by atoms with Gasteiger partial charge in [-0.25, -0.2) is 18.9 Å². The van der Waals surface area contributed by atoms with Gasteiger partial charge in [-0.1, -0.05) is 13.0 Å². The number of benzene rings is 1. The van der Waals surface area contributed by atoms with Crippen LogP contribution in [0.3, 0.4) is 0 Å². The van der Waals surface area contributed by atoms with E-state index < -0.39 is 11.5 Å². The number of hydrogen-bond donors (Lipinski definition) is 1. The lowest BCUT2D eigenvalue weighted by molar-refractivity contribution is 0.0521. The molecule has 1 heterocycles. The van der Waals surface area contributed by atoms with Crippen LogP contribution in [-0.4, -0.2) is 21.4 Å². The summed E-state index contributed by atoms with van der Waals surface area (Å²) < 4.78 is 20.4. The summed E-state index contributed by atoms with van der Waals surface area (Å²) in [5.74, 6) is 0.0714. The fraction of sp³-hybridized carbons (Fsp3) is 0.429. The highest BCUT2D eigenvalue weighted by atomic mass is 19.1. The number of rotatable bonds is 5.